The van der Waals surface area contributed by atoms with Gasteiger partial charge in [0.1, 0.15) is 0 Å². The summed E-state index contributed by atoms with van der Waals surface area (Å²) in [5.74, 6) is 0.816. The molecular formula is C25H26N2OS. The number of hydrogen-bond acceptors (Lipinski definition) is 3. The first-order valence-corrected chi connectivity index (χ1v) is 11.4. The summed E-state index contributed by atoms with van der Waals surface area (Å²) in [6.45, 7) is 1.45. The highest BCUT2D eigenvalue weighted by Crippen LogP contribution is 2.48. The van der Waals surface area contributed by atoms with E-state index in [-0.39, 0.29) is 5.91 Å². The maximum Gasteiger partial charge on any atom is 0.238 e. The van der Waals surface area contributed by atoms with Crippen molar-refractivity contribution in [3.8, 4) is 0 Å². The Kier molecular flexibility index (Phi) is 5.21. The van der Waals surface area contributed by atoms with E-state index < -0.39 is 0 Å². The lowest BCUT2D eigenvalue weighted by atomic mass is 9.96. The molecule has 3 aromatic rings. The molecular weight excluding hydrogens is 376 g/mol. The van der Waals surface area contributed by atoms with Gasteiger partial charge in [0.15, 0.2) is 0 Å². The van der Waals surface area contributed by atoms with Gasteiger partial charge in [0.25, 0.3) is 0 Å². The van der Waals surface area contributed by atoms with Gasteiger partial charge in [-0.25, -0.2) is 0 Å². The van der Waals surface area contributed by atoms with Crippen LogP contribution in [0.25, 0.3) is 0 Å². The van der Waals surface area contributed by atoms with Crippen LogP contribution >= 0.6 is 11.3 Å². The predicted octanol–water partition coefficient (Wildman–Crippen LogP) is 5.29. The number of thiophene rings is 1. The lowest BCUT2D eigenvalue weighted by molar-refractivity contribution is -0.118. The minimum absolute atomic E-state index is 0.0924. The smallest absolute Gasteiger partial charge is 0.238 e. The molecule has 1 N–H and O–H groups in total. The highest BCUT2D eigenvalue weighted by Gasteiger charge is 2.40. The van der Waals surface area contributed by atoms with Crippen LogP contribution in [-0.2, 0) is 17.6 Å². The molecule has 4 heteroatoms. The molecule has 0 radical (unpaired) electrons. The van der Waals surface area contributed by atoms with Crippen molar-refractivity contribution in [3.63, 3.8) is 0 Å². The Bertz CT molecular complexity index is 993. The molecule has 0 unspecified atom stereocenters. The van der Waals surface area contributed by atoms with Crippen LogP contribution in [0.5, 0.6) is 0 Å². The number of nitrogens with zero attached hydrogens (tertiary/aromatic N) is 1. The number of amides is 1. The van der Waals surface area contributed by atoms with Gasteiger partial charge in [-0.15, -0.1) is 11.3 Å². The van der Waals surface area contributed by atoms with Crippen LogP contribution in [0.3, 0.4) is 0 Å². The summed E-state index contributed by atoms with van der Waals surface area (Å²) in [5.41, 5.74) is 4.81. The summed E-state index contributed by atoms with van der Waals surface area (Å²) < 4.78 is 0. The molecule has 1 aliphatic carbocycles. The molecule has 2 heterocycles. The number of nitrogens with one attached hydrogen (secondary N) is 1. The van der Waals surface area contributed by atoms with Gasteiger partial charge in [0, 0.05) is 23.2 Å². The molecule has 1 amide bonds. The molecule has 0 bridgehead atoms. The van der Waals surface area contributed by atoms with E-state index >= 15 is 0 Å². The fourth-order valence-corrected chi connectivity index (χ4v) is 5.44. The van der Waals surface area contributed by atoms with Crippen LogP contribution in [-0.4, -0.2) is 23.9 Å². The van der Waals surface area contributed by atoms with Crippen molar-refractivity contribution in [2.45, 2.75) is 31.7 Å². The van der Waals surface area contributed by atoms with E-state index in [0.717, 1.165) is 36.6 Å². The van der Waals surface area contributed by atoms with Crippen molar-refractivity contribution in [1.29, 1.82) is 0 Å². The van der Waals surface area contributed by atoms with Crippen LogP contribution in [0.15, 0.2) is 66.0 Å². The Balaban J connectivity index is 1.29. The average molecular weight is 403 g/mol. The molecule has 1 aromatic heterocycles. The summed E-state index contributed by atoms with van der Waals surface area (Å²) in [7, 11) is 0. The number of carbonyl (C=O) groups excluding carboxylic acids is 1. The molecule has 2 aliphatic rings. The molecule has 148 valence electrons. The van der Waals surface area contributed by atoms with Crippen LogP contribution in [0.4, 0.5) is 5.69 Å². The first-order valence-electron chi connectivity index (χ1n) is 10.5. The van der Waals surface area contributed by atoms with E-state index in [4.69, 9.17) is 0 Å². The van der Waals surface area contributed by atoms with Crippen molar-refractivity contribution in [2.24, 2.45) is 5.92 Å². The third-order valence-corrected chi connectivity index (χ3v) is 7.06. The molecule has 1 saturated carbocycles. The number of hydrogen-bond donors (Lipinski definition) is 1. The van der Waals surface area contributed by atoms with Crippen molar-refractivity contribution in [3.05, 3.63) is 87.6 Å². The van der Waals surface area contributed by atoms with Gasteiger partial charge in [0.05, 0.1) is 6.54 Å². The zero-order valence-electron chi connectivity index (χ0n) is 16.5. The number of para-hydroxylation sites is 1. The second-order valence-corrected chi connectivity index (χ2v) is 9.17. The Morgan fingerprint density at radius 3 is 2.66 bits per heavy atom. The zero-order valence-corrected chi connectivity index (χ0v) is 17.3. The molecule has 0 spiro atoms. The van der Waals surface area contributed by atoms with Gasteiger partial charge in [-0.05, 0) is 65.8 Å². The molecule has 1 fully saturated rings. The van der Waals surface area contributed by atoms with Gasteiger partial charge in [-0.2, -0.15) is 0 Å². The summed E-state index contributed by atoms with van der Waals surface area (Å²) >= 11 is 1.87. The maximum atomic E-state index is 13.0. The Labute approximate surface area is 176 Å². The second-order valence-electron chi connectivity index (χ2n) is 8.17. The number of anilines is 1. The highest BCUT2D eigenvalue weighted by molar-refractivity contribution is 7.10. The quantitative estimate of drug-likeness (QED) is 0.608. The third kappa shape index (κ3) is 4.14. The van der Waals surface area contributed by atoms with Crippen LogP contribution in [0.1, 0.15) is 40.5 Å². The van der Waals surface area contributed by atoms with Gasteiger partial charge in [0.2, 0.25) is 5.91 Å². The first-order chi connectivity index (χ1) is 14.3. The lowest BCUT2D eigenvalue weighted by Gasteiger charge is -2.35. The van der Waals surface area contributed by atoms with Crippen LogP contribution in [0, 0.1) is 5.92 Å². The number of benzene rings is 2. The van der Waals surface area contributed by atoms with E-state index in [9.17, 15) is 4.79 Å². The van der Waals surface area contributed by atoms with Gasteiger partial charge < -0.3 is 5.32 Å². The number of carbonyl (C=O) groups is 1. The predicted molar refractivity (Wildman–Crippen MR) is 119 cm³/mol. The summed E-state index contributed by atoms with van der Waals surface area (Å²) in [4.78, 5) is 16.9. The number of rotatable bonds is 6. The summed E-state index contributed by atoms with van der Waals surface area (Å²) in [5, 5.41) is 5.41. The molecule has 3 nitrogen and oxygen atoms in total. The molecule has 0 saturated heterocycles. The van der Waals surface area contributed by atoms with Crippen molar-refractivity contribution < 1.29 is 4.79 Å². The van der Waals surface area contributed by atoms with E-state index in [1.807, 2.05) is 35.6 Å². The fourth-order valence-electron chi connectivity index (χ4n) is 4.53. The van der Waals surface area contributed by atoms with E-state index in [2.05, 4.69) is 52.0 Å². The summed E-state index contributed by atoms with van der Waals surface area (Å²) in [6, 6.07) is 21.3. The van der Waals surface area contributed by atoms with Gasteiger partial charge in [-0.1, -0.05) is 48.5 Å². The summed E-state index contributed by atoms with van der Waals surface area (Å²) in [6.07, 6.45) is 4.47. The van der Waals surface area contributed by atoms with E-state index in [1.165, 1.54) is 28.8 Å². The topological polar surface area (TPSA) is 32.3 Å². The third-order valence-electron chi connectivity index (χ3n) is 6.06. The van der Waals surface area contributed by atoms with Crippen molar-refractivity contribution >= 4 is 22.9 Å². The van der Waals surface area contributed by atoms with E-state index in [0.29, 0.717) is 12.6 Å². The monoisotopic (exact) mass is 402 g/mol. The molecule has 29 heavy (non-hydrogen) atoms. The largest absolute Gasteiger partial charge is 0.325 e. The second kappa shape index (κ2) is 8.13. The Morgan fingerprint density at radius 1 is 1.03 bits per heavy atom. The fraction of sp³-hybridized carbons (Fsp3) is 0.320. The standard InChI is InChI=1S/C25H26N2OS/c28-24(17-27-14-12-23-21(13-15-29-23)25(27)19-10-11-19)26-22-9-5-4-8-20(22)16-18-6-2-1-3-7-18/h1-9,13,15,19,25H,10-12,14,16-17H2,(H,26,28)/t25-/m0/s1. The van der Waals surface area contributed by atoms with E-state index in [1.54, 1.807) is 0 Å². The molecule has 2 aromatic carbocycles. The minimum atomic E-state index is 0.0924. The van der Waals surface area contributed by atoms with Crippen LogP contribution < -0.4 is 5.32 Å². The van der Waals surface area contributed by atoms with Crippen molar-refractivity contribution in [2.75, 3.05) is 18.4 Å². The van der Waals surface area contributed by atoms with Gasteiger partial charge in [-0.3, -0.25) is 9.69 Å². The SMILES string of the molecule is O=C(CN1CCc2sccc2[C@@H]1C1CC1)Nc1ccccc1Cc1ccccc1. The molecule has 1 atom stereocenters. The Morgan fingerprint density at radius 2 is 1.83 bits per heavy atom. The van der Waals surface area contributed by atoms with Crippen molar-refractivity contribution in [1.82, 2.24) is 4.90 Å². The van der Waals surface area contributed by atoms with Crippen LogP contribution in [0.2, 0.25) is 0 Å². The lowest BCUT2D eigenvalue weighted by Crippen LogP contribution is -2.41. The van der Waals surface area contributed by atoms with Gasteiger partial charge >= 0.3 is 0 Å². The normalized spacial score (nSPS) is 19.0. The molecule has 1 aliphatic heterocycles. The zero-order chi connectivity index (χ0) is 19.6. The maximum absolute atomic E-state index is 13.0. The minimum Gasteiger partial charge on any atom is -0.325 e. The first kappa shape index (κ1) is 18.6. The average Bonchev–Trinajstić information content (AvgIpc) is 3.46. The molecule has 5 rings (SSSR count). The number of fused-ring (bicyclic) bond motifs is 1. The Hall–Kier alpha value is -2.43. The highest BCUT2D eigenvalue weighted by atomic mass is 32.1.